The number of nitrogens with zero attached hydrogens (tertiary/aromatic N) is 1. The molecule has 0 spiro atoms. The molecule has 23 heavy (non-hydrogen) atoms. The molecule has 2 fully saturated rings. The molecule has 0 saturated carbocycles. The fourth-order valence-corrected chi connectivity index (χ4v) is 3.84. The predicted molar refractivity (Wildman–Crippen MR) is 84.2 cm³/mol. The summed E-state index contributed by atoms with van der Waals surface area (Å²) in [5, 5.41) is 0. The lowest BCUT2D eigenvalue weighted by Gasteiger charge is -2.38. The van der Waals surface area contributed by atoms with E-state index in [1.807, 2.05) is 29.2 Å². The van der Waals surface area contributed by atoms with E-state index in [9.17, 15) is 9.59 Å². The van der Waals surface area contributed by atoms with Gasteiger partial charge in [-0.2, -0.15) is 0 Å². The van der Waals surface area contributed by atoms with E-state index >= 15 is 0 Å². The van der Waals surface area contributed by atoms with Crippen molar-refractivity contribution in [3.05, 3.63) is 29.8 Å². The molecule has 1 aromatic carbocycles. The van der Waals surface area contributed by atoms with Crippen LogP contribution in [-0.4, -0.2) is 42.7 Å². The summed E-state index contributed by atoms with van der Waals surface area (Å²) >= 11 is 0. The van der Waals surface area contributed by atoms with Crippen molar-refractivity contribution in [3.63, 3.8) is 0 Å². The van der Waals surface area contributed by atoms with Gasteiger partial charge in [-0.15, -0.1) is 0 Å². The van der Waals surface area contributed by atoms with E-state index in [-0.39, 0.29) is 18.0 Å². The summed E-state index contributed by atoms with van der Waals surface area (Å²) in [6, 6.07) is 7.69. The van der Waals surface area contributed by atoms with Crippen molar-refractivity contribution < 1.29 is 19.1 Å². The van der Waals surface area contributed by atoms with Gasteiger partial charge in [0.2, 0.25) is 0 Å². The summed E-state index contributed by atoms with van der Waals surface area (Å²) in [5.41, 5.74) is 5.72. The maximum Gasteiger partial charge on any atom is 0.404 e. The van der Waals surface area contributed by atoms with Crippen LogP contribution in [0.25, 0.3) is 0 Å². The van der Waals surface area contributed by atoms with Crippen LogP contribution in [0.4, 0.5) is 4.79 Å². The maximum atomic E-state index is 12.8. The van der Waals surface area contributed by atoms with Gasteiger partial charge in [0.15, 0.2) is 0 Å². The van der Waals surface area contributed by atoms with Crippen LogP contribution in [0.2, 0.25) is 0 Å². The van der Waals surface area contributed by atoms with E-state index in [0.29, 0.717) is 18.1 Å². The number of methoxy groups -OCH3 is 1. The Morgan fingerprint density at radius 3 is 2.30 bits per heavy atom. The number of benzene rings is 1. The molecule has 0 aliphatic carbocycles. The highest BCUT2D eigenvalue weighted by Gasteiger charge is 2.43. The standard InChI is InChI=1S/C17H22N2O4/c1-22-15-6-2-12(3-7-15)16(20)19-13-4-5-14(19)9-11(8-13)10-23-17(18)21/h2-3,6-7,11,13-14H,4-5,8-10H2,1H3,(H2,18,21). The fraction of sp³-hybridized carbons (Fsp3) is 0.529. The van der Waals surface area contributed by atoms with E-state index in [4.69, 9.17) is 15.2 Å². The van der Waals surface area contributed by atoms with Crippen molar-refractivity contribution in [1.82, 2.24) is 4.90 Å². The van der Waals surface area contributed by atoms with E-state index in [0.717, 1.165) is 31.4 Å². The SMILES string of the molecule is COc1ccc(C(=O)N2C3CCC2CC(COC(N)=O)C3)cc1. The van der Waals surface area contributed by atoms with Gasteiger partial charge in [-0.05, 0) is 55.9 Å². The second-order valence-electron chi connectivity index (χ2n) is 6.29. The van der Waals surface area contributed by atoms with Crippen molar-refractivity contribution >= 4 is 12.0 Å². The number of carbonyl (C=O) groups excluding carboxylic acids is 2. The molecular formula is C17H22N2O4. The third-order valence-electron chi connectivity index (χ3n) is 4.86. The molecule has 2 unspecified atom stereocenters. The van der Waals surface area contributed by atoms with Crippen LogP contribution in [0.3, 0.4) is 0 Å². The summed E-state index contributed by atoms with van der Waals surface area (Å²) in [7, 11) is 1.61. The van der Waals surface area contributed by atoms with Crippen molar-refractivity contribution in [1.29, 1.82) is 0 Å². The Morgan fingerprint density at radius 1 is 1.17 bits per heavy atom. The fourth-order valence-electron chi connectivity index (χ4n) is 3.84. The molecule has 0 radical (unpaired) electrons. The average Bonchev–Trinajstić information content (AvgIpc) is 2.82. The third kappa shape index (κ3) is 3.25. The molecule has 2 heterocycles. The molecule has 6 nitrogen and oxygen atoms in total. The van der Waals surface area contributed by atoms with Crippen molar-refractivity contribution in [2.45, 2.75) is 37.8 Å². The summed E-state index contributed by atoms with van der Waals surface area (Å²) in [6.45, 7) is 0.354. The zero-order valence-corrected chi connectivity index (χ0v) is 13.2. The van der Waals surface area contributed by atoms with Gasteiger partial charge in [0.05, 0.1) is 13.7 Å². The number of nitrogens with two attached hydrogens (primary N) is 1. The first-order valence-corrected chi connectivity index (χ1v) is 7.97. The molecule has 1 aromatic rings. The number of ether oxygens (including phenoxy) is 2. The molecule has 6 heteroatoms. The van der Waals surface area contributed by atoms with Crippen LogP contribution >= 0.6 is 0 Å². The van der Waals surface area contributed by atoms with Crippen LogP contribution < -0.4 is 10.5 Å². The molecule has 2 aliphatic rings. The molecule has 2 bridgehead atoms. The van der Waals surface area contributed by atoms with Gasteiger partial charge in [-0.1, -0.05) is 0 Å². The highest BCUT2D eigenvalue weighted by atomic mass is 16.5. The van der Waals surface area contributed by atoms with E-state index < -0.39 is 6.09 Å². The van der Waals surface area contributed by atoms with Crippen molar-refractivity contribution in [2.24, 2.45) is 11.7 Å². The molecular weight excluding hydrogens is 296 g/mol. The van der Waals surface area contributed by atoms with Gasteiger partial charge >= 0.3 is 6.09 Å². The Balaban J connectivity index is 1.67. The first-order valence-electron chi connectivity index (χ1n) is 7.97. The molecule has 124 valence electrons. The second kappa shape index (κ2) is 6.48. The van der Waals surface area contributed by atoms with Gasteiger partial charge in [0.1, 0.15) is 5.75 Å². The number of primary amides is 1. The van der Waals surface area contributed by atoms with Crippen LogP contribution in [0.1, 0.15) is 36.0 Å². The smallest absolute Gasteiger partial charge is 0.404 e. The summed E-state index contributed by atoms with van der Waals surface area (Å²) in [4.78, 5) is 25.6. The average molecular weight is 318 g/mol. The molecule has 2 saturated heterocycles. The Kier molecular flexibility index (Phi) is 4.41. The highest BCUT2D eigenvalue weighted by Crippen LogP contribution is 2.39. The summed E-state index contributed by atoms with van der Waals surface area (Å²) < 4.78 is 10.1. The second-order valence-corrected chi connectivity index (χ2v) is 6.29. The number of hydrogen-bond acceptors (Lipinski definition) is 4. The van der Waals surface area contributed by atoms with Crippen LogP contribution in [0.5, 0.6) is 5.75 Å². The van der Waals surface area contributed by atoms with Gasteiger partial charge in [0.25, 0.3) is 5.91 Å². The lowest BCUT2D eigenvalue weighted by Crippen LogP contribution is -2.47. The number of carbonyl (C=O) groups is 2. The Bertz CT molecular complexity index is 573. The van der Waals surface area contributed by atoms with E-state index in [1.165, 1.54) is 0 Å². The van der Waals surface area contributed by atoms with Gasteiger partial charge in [-0.25, -0.2) is 4.79 Å². The predicted octanol–water partition coefficient (Wildman–Crippen LogP) is 2.17. The minimum Gasteiger partial charge on any atom is -0.497 e. The molecule has 2 atom stereocenters. The first kappa shape index (κ1) is 15.6. The lowest BCUT2D eigenvalue weighted by molar-refractivity contribution is 0.0425. The van der Waals surface area contributed by atoms with Crippen molar-refractivity contribution in [3.8, 4) is 5.75 Å². The van der Waals surface area contributed by atoms with Gasteiger partial charge < -0.3 is 20.1 Å². The van der Waals surface area contributed by atoms with Crippen LogP contribution in [0, 0.1) is 5.92 Å². The summed E-state index contributed by atoms with van der Waals surface area (Å²) in [5.74, 6) is 1.11. The monoisotopic (exact) mass is 318 g/mol. The largest absolute Gasteiger partial charge is 0.497 e. The van der Waals surface area contributed by atoms with E-state index in [2.05, 4.69) is 0 Å². The number of piperidine rings is 1. The lowest BCUT2D eigenvalue weighted by atomic mass is 9.91. The molecule has 2 aliphatic heterocycles. The minimum absolute atomic E-state index is 0.0782. The topological polar surface area (TPSA) is 81.9 Å². The van der Waals surface area contributed by atoms with Crippen LogP contribution in [0.15, 0.2) is 24.3 Å². The molecule has 3 rings (SSSR count). The minimum atomic E-state index is -0.728. The Morgan fingerprint density at radius 2 is 1.78 bits per heavy atom. The third-order valence-corrected chi connectivity index (χ3v) is 4.86. The normalized spacial score (nSPS) is 26.0. The molecule has 2 amide bonds. The highest BCUT2D eigenvalue weighted by molar-refractivity contribution is 5.95. The number of rotatable bonds is 4. The maximum absolute atomic E-state index is 12.8. The number of amides is 2. The van der Waals surface area contributed by atoms with Crippen LogP contribution in [-0.2, 0) is 4.74 Å². The van der Waals surface area contributed by atoms with Gasteiger partial charge in [-0.3, -0.25) is 4.79 Å². The molecule has 0 aromatic heterocycles. The summed E-state index contributed by atoms with van der Waals surface area (Å²) in [6.07, 6.45) is 3.03. The zero-order chi connectivity index (χ0) is 16.4. The number of fused-ring (bicyclic) bond motifs is 2. The van der Waals surface area contributed by atoms with Crippen molar-refractivity contribution in [2.75, 3.05) is 13.7 Å². The quantitative estimate of drug-likeness (QED) is 0.922. The Hall–Kier alpha value is -2.24. The van der Waals surface area contributed by atoms with E-state index in [1.54, 1.807) is 7.11 Å². The zero-order valence-electron chi connectivity index (χ0n) is 13.2. The van der Waals surface area contributed by atoms with Gasteiger partial charge in [0, 0.05) is 17.6 Å². The first-order chi connectivity index (χ1) is 11.1. The number of hydrogen-bond donors (Lipinski definition) is 1. The Labute approximate surface area is 135 Å². The molecule has 2 N–H and O–H groups in total.